The Bertz CT molecular complexity index is 400. The van der Waals surface area contributed by atoms with E-state index in [0.29, 0.717) is 11.0 Å². The zero-order valence-corrected chi connectivity index (χ0v) is 12.4. The smallest absolute Gasteiger partial charge is 0.134 e. The minimum absolute atomic E-state index is 0.364. The molecule has 1 aromatic rings. The van der Waals surface area contributed by atoms with E-state index in [2.05, 4.69) is 24.3 Å². The van der Waals surface area contributed by atoms with Gasteiger partial charge in [0.15, 0.2) is 0 Å². The maximum atomic E-state index is 5.74. The minimum atomic E-state index is 0.364. The summed E-state index contributed by atoms with van der Waals surface area (Å²) < 4.78 is 1.80. The summed E-state index contributed by atoms with van der Waals surface area (Å²) in [6, 6.07) is 0.364. The number of rotatable bonds is 6. The van der Waals surface area contributed by atoms with Gasteiger partial charge < -0.3 is 11.1 Å². The summed E-state index contributed by atoms with van der Waals surface area (Å²) in [5.41, 5.74) is 7.47. The average Bonchev–Trinajstić information content (AvgIpc) is 2.51. The highest BCUT2D eigenvalue weighted by molar-refractivity contribution is 7.99. The summed E-state index contributed by atoms with van der Waals surface area (Å²) in [4.78, 5) is 0.397. The highest BCUT2D eigenvalue weighted by Gasteiger charge is 2.16. The van der Waals surface area contributed by atoms with Gasteiger partial charge in [0.1, 0.15) is 10.8 Å². The van der Waals surface area contributed by atoms with Gasteiger partial charge in [-0.2, -0.15) is 16.9 Å². The fourth-order valence-electron chi connectivity index (χ4n) is 1.69. The van der Waals surface area contributed by atoms with Crippen LogP contribution in [0.25, 0.3) is 0 Å². The quantitative estimate of drug-likeness (QED) is 0.775. The normalized spacial score (nSPS) is 12.5. The van der Waals surface area contributed by atoms with Crippen LogP contribution in [0.4, 0.5) is 5.82 Å². The number of anilines is 1. The van der Waals surface area contributed by atoms with Crippen LogP contribution in [0.15, 0.2) is 0 Å². The Hall–Kier alpha value is -0.750. The number of nitrogens with zero attached hydrogens (tertiary/aromatic N) is 2. The SMILES string of the molecule is CCSCC(C)Nc1c(C(N)=S)c(C)nn1C. The van der Waals surface area contributed by atoms with E-state index in [-0.39, 0.29) is 0 Å². The number of aromatic nitrogens is 2. The molecule has 1 aromatic heterocycles. The molecule has 0 aliphatic carbocycles. The lowest BCUT2D eigenvalue weighted by atomic mass is 10.2. The molecule has 0 radical (unpaired) electrons. The van der Waals surface area contributed by atoms with Gasteiger partial charge >= 0.3 is 0 Å². The first-order valence-electron chi connectivity index (χ1n) is 5.65. The van der Waals surface area contributed by atoms with Gasteiger partial charge in [0.2, 0.25) is 0 Å². The Morgan fingerprint density at radius 2 is 2.29 bits per heavy atom. The van der Waals surface area contributed by atoms with E-state index in [1.807, 2.05) is 25.7 Å². The van der Waals surface area contributed by atoms with E-state index in [0.717, 1.165) is 28.6 Å². The Labute approximate surface area is 112 Å². The molecule has 0 amide bonds. The monoisotopic (exact) mass is 272 g/mol. The summed E-state index contributed by atoms with van der Waals surface area (Å²) in [5.74, 6) is 3.09. The molecule has 0 aliphatic rings. The molecule has 96 valence electrons. The second-order valence-electron chi connectivity index (χ2n) is 4.00. The van der Waals surface area contributed by atoms with E-state index in [4.69, 9.17) is 18.0 Å². The van der Waals surface area contributed by atoms with Crippen LogP contribution in [0.2, 0.25) is 0 Å². The zero-order valence-electron chi connectivity index (χ0n) is 10.8. The van der Waals surface area contributed by atoms with Crippen LogP contribution in [0, 0.1) is 6.92 Å². The maximum Gasteiger partial charge on any atom is 0.134 e. The van der Waals surface area contributed by atoms with Crippen LogP contribution < -0.4 is 11.1 Å². The molecule has 1 atom stereocenters. The third-order valence-corrected chi connectivity index (χ3v) is 3.77. The van der Waals surface area contributed by atoms with E-state index < -0.39 is 0 Å². The van der Waals surface area contributed by atoms with Gasteiger partial charge in [-0.3, -0.25) is 4.68 Å². The summed E-state index contributed by atoms with van der Waals surface area (Å²) in [6.07, 6.45) is 0. The van der Waals surface area contributed by atoms with Crippen LogP contribution >= 0.6 is 24.0 Å². The first-order chi connectivity index (χ1) is 7.97. The first kappa shape index (κ1) is 14.3. The topological polar surface area (TPSA) is 55.9 Å². The zero-order chi connectivity index (χ0) is 13.0. The molecular formula is C11H20N4S2. The molecule has 0 saturated heterocycles. The lowest BCUT2D eigenvalue weighted by molar-refractivity contribution is 0.746. The number of nitrogens with two attached hydrogens (primary N) is 1. The lowest BCUT2D eigenvalue weighted by Crippen LogP contribution is -2.22. The van der Waals surface area contributed by atoms with Crippen LogP contribution in [-0.2, 0) is 7.05 Å². The molecule has 0 saturated carbocycles. The molecule has 0 aliphatic heterocycles. The van der Waals surface area contributed by atoms with E-state index >= 15 is 0 Å². The average molecular weight is 272 g/mol. The van der Waals surface area contributed by atoms with Gasteiger partial charge in [0.05, 0.1) is 11.3 Å². The van der Waals surface area contributed by atoms with Crippen LogP contribution in [0.5, 0.6) is 0 Å². The molecule has 1 unspecified atom stereocenters. The highest BCUT2D eigenvalue weighted by Crippen LogP contribution is 2.20. The number of hydrogen-bond acceptors (Lipinski definition) is 4. The van der Waals surface area contributed by atoms with Crippen molar-refractivity contribution in [1.82, 2.24) is 9.78 Å². The van der Waals surface area contributed by atoms with E-state index in [1.54, 1.807) is 4.68 Å². The predicted molar refractivity (Wildman–Crippen MR) is 79.9 cm³/mol. The molecule has 1 rings (SSSR count). The Kier molecular flexibility index (Phi) is 5.27. The summed E-state index contributed by atoms with van der Waals surface area (Å²) in [6.45, 7) is 6.23. The highest BCUT2D eigenvalue weighted by atomic mass is 32.2. The number of aryl methyl sites for hydroxylation is 2. The van der Waals surface area contributed by atoms with Crippen molar-refractivity contribution in [3.63, 3.8) is 0 Å². The van der Waals surface area contributed by atoms with Gasteiger partial charge in [-0.05, 0) is 19.6 Å². The van der Waals surface area contributed by atoms with Crippen molar-refractivity contribution in [1.29, 1.82) is 0 Å². The van der Waals surface area contributed by atoms with Gasteiger partial charge in [-0.1, -0.05) is 19.1 Å². The fraction of sp³-hybridized carbons (Fsp3) is 0.636. The molecule has 0 bridgehead atoms. The van der Waals surface area contributed by atoms with Crippen molar-refractivity contribution < 1.29 is 0 Å². The summed E-state index contributed by atoms with van der Waals surface area (Å²) in [7, 11) is 1.90. The Morgan fingerprint density at radius 1 is 1.65 bits per heavy atom. The van der Waals surface area contributed by atoms with Crippen molar-refractivity contribution in [3.05, 3.63) is 11.3 Å². The number of hydrogen-bond donors (Lipinski definition) is 2. The van der Waals surface area contributed by atoms with Crippen LogP contribution in [0.3, 0.4) is 0 Å². The van der Waals surface area contributed by atoms with Gasteiger partial charge in [0, 0.05) is 18.8 Å². The Balaban J connectivity index is 2.86. The van der Waals surface area contributed by atoms with Crippen LogP contribution in [0.1, 0.15) is 25.1 Å². The van der Waals surface area contributed by atoms with Crippen molar-refractivity contribution >= 4 is 34.8 Å². The van der Waals surface area contributed by atoms with Gasteiger partial charge in [-0.25, -0.2) is 0 Å². The number of thioether (sulfide) groups is 1. The molecule has 0 aromatic carbocycles. The van der Waals surface area contributed by atoms with E-state index in [1.165, 1.54) is 0 Å². The predicted octanol–water partition coefficient (Wildman–Crippen LogP) is 1.92. The largest absolute Gasteiger partial charge is 0.389 e. The molecule has 0 fully saturated rings. The van der Waals surface area contributed by atoms with E-state index in [9.17, 15) is 0 Å². The molecule has 3 N–H and O–H groups in total. The fourth-order valence-corrected chi connectivity index (χ4v) is 2.61. The second kappa shape index (κ2) is 6.26. The third-order valence-electron chi connectivity index (χ3n) is 2.42. The van der Waals surface area contributed by atoms with Gasteiger partial charge in [-0.15, -0.1) is 0 Å². The summed E-state index contributed by atoms with van der Waals surface area (Å²) in [5, 5.41) is 7.77. The molecule has 4 nitrogen and oxygen atoms in total. The third kappa shape index (κ3) is 3.61. The summed E-state index contributed by atoms with van der Waals surface area (Å²) >= 11 is 6.98. The van der Waals surface area contributed by atoms with Crippen molar-refractivity contribution in [2.45, 2.75) is 26.8 Å². The van der Waals surface area contributed by atoms with Gasteiger partial charge in [0.25, 0.3) is 0 Å². The lowest BCUT2D eigenvalue weighted by Gasteiger charge is -2.16. The Morgan fingerprint density at radius 3 is 2.82 bits per heavy atom. The molecule has 17 heavy (non-hydrogen) atoms. The molecule has 0 spiro atoms. The molecule has 1 heterocycles. The second-order valence-corrected chi connectivity index (χ2v) is 5.76. The molecular weight excluding hydrogens is 252 g/mol. The van der Waals surface area contributed by atoms with Crippen molar-refractivity contribution in [2.24, 2.45) is 12.8 Å². The maximum absolute atomic E-state index is 5.74. The van der Waals surface area contributed by atoms with Crippen molar-refractivity contribution in [3.8, 4) is 0 Å². The van der Waals surface area contributed by atoms with Crippen LogP contribution in [-0.4, -0.2) is 32.3 Å². The molecule has 6 heteroatoms. The number of nitrogens with one attached hydrogen (secondary N) is 1. The number of thiocarbonyl (C=S) groups is 1. The van der Waals surface area contributed by atoms with Crippen molar-refractivity contribution in [2.75, 3.05) is 16.8 Å². The standard InChI is InChI=1S/C11H20N4S2/c1-5-17-6-7(2)13-11-9(10(12)16)8(3)14-15(11)4/h7,13H,5-6H2,1-4H3,(H2,12,16). The first-order valence-corrected chi connectivity index (χ1v) is 7.21. The minimum Gasteiger partial charge on any atom is -0.389 e.